The molecule has 1 amide bonds. The van der Waals surface area contributed by atoms with Crippen molar-refractivity contribution in [3.8, 4) is 0 Å². The molecule has 0 aliphatic heterocycles. The van der Waals surface area contributed by atoms with Crippen LogP contribution in [0.2, 0.25) is 0 Å². The summed E-state index contributed by atoms with van der Waals surface area (Å²) < 4.78 is 0. The van der Waals surface area contributed by atoms with Crippen molar-refractivity contribution < 1.29 is 14.7 Å². The highest BCUT2D eigenvalue weighted by Crippen LogP contribution is 2.27. The van der Waals surface area contributed by atoms with Crippen molar-refractivity contribution in [2.75, 3.05) is 6.54 Å². The monoisotopic (exact) mass is 211 g/mol. The summed E-state index contributed by atoms with van der Waals surface area (Å²) in [6, 6.07) is 0. The second-order valence-electron chi connectivity index (χ2n) is 3.72. The molecule has 1 atom stereocenters. The van der Waals surface area contributed by atoms with Crippen LogP contribution >= 0.6 is 0 Å². The number of hydrogen-bond acceptors (Lipinski definition) is 2. The summed E-state index contributed by atoms with van der Waals surface area (Å²) in [4.78, 5) is 22.3. The third-order valence-electron chi connectivity index (χ3n) is 2.57. The van der Waals surface area contributed by atoms with E-state index in [1.54, 1.807) is 0 Å². The van der Waals surface area contributed by atoms with Crippen LogP contribution in [0, 0.1) is 5.92 Å². The molecule has 1 aliphatic carbocycles. The summed E-state index contributed by atoms with van der Waals surface area (Å²) in [6.07, 6.45) is 4.76. The maximum Gasteiger partial charge on any atom is 0.304 e. The Morgan fingerprint density at radius 1 is 1.60 bits per heavy atom. The Bertz CT molecular complexity index is 284. The zero-order valence-corrected chi connectivity index (χ0v) is 8.95. The van der Waals surface area contributed by atoms with Gasteiger partial charge in [0.15, 0.2) is 0 Å². The Morgan fingerprint density at radius 3 is 2.80 bits per heavy atom. The number of hydrogen-bond donors (Lipinski definition) is 2. The van der Waals surface area contributed by atoms with Gasteiger partial charge in [0.2, 0.25) is 5.91 Å². The summed E-state index contributed by atoms with van der Waals surface area (Å²) in [6.45, 7) is 2.38. The molecule has 0 fully saturated rings. The van der Waals surface area contributed by atoms with Gasteiger partial charge >= 0.3 is 5.97 Å². The first kappa shape index (κ1) is 11.8. The Kier molecular flexibility index (Phi) is 4.34. The smallest absolute Gasteiger partial charge is 0.304 e. The van der Waals surface area contributed by atoms with Gasteiger partial charge in [-0.05, 0) is 26.2 Å². The molecule has 0 saturated heterocycles. The van der Waals surface area contributed by atoms with Crippen LogP contribution in [-0.4, -0.2) is 23.5 Å². The molecule has 4 nitrogen and oxygen atoms in total. The first-order valence-electron chi connectivity index (χ1n) is 5.33. The minimum atomic E-state index is -0.918. The first-order chi connectivity index (χ1) is 7.15. The summed E-state index contributed by atoms with van der Waals surface area (Å²) in [5.41, 5.74) is 0.989. The predicted octanol–water partition coefficient (Wildman–Crippen LogP) is 1.32. The largest absolute Gasteiger partial charge is 0.481 e. The molecule has 0 bridgehead atoms. The van der Waals surface area contributed by atoms with Crippen molar-refractivity contribution in [1.29, 1.82) is 0 Å². The number of carbonyl (C=O) groups is 2. The van der Waals surface area contributed by atoms with Gasteiger partial charge < -0.3 is 10.4 Å². The van der Waals surface area contributed by atoms with Crippen LogP contribution < -0.4 is 5.32 Å². The maximum absolute atomic E-state index is 11.7. The van der Waals surface area contributed by atoms with E-state index in [4.69, 9.17) is 5.11 Å². The molecule has 1 rings (SSSR count). The van der Waals surface area contributed by atoms with Gasteiger partial charge in [-0.15, -0.1) is 0 Å². The molecule has 0 aromatic heterocycles. The summed E-state index contributed by atoms with van der Waals surface area (Å²) in [5.74, 6) is -1.54. The number of nitrogens with one attached hydrogen (secondary N) is 1. The molecule has 0 aromatic rings. The first-order valence-corrected chi connectivity index (χ1v) is 5.33. The van der Waals surface area contributed by atoms with Gasteiger partial charge in [-0.2, -0.15) is 0 Å². The Balaban J connectivity index is 2.67. The summed E-state index contributed by atoms with van der Waals surface area (Å²) in [5, 5.41) is 11.4. The minimum Gasteiger partial charge on any atom is -0.481 e. The molecule has 0 radical (unpaired) electrons. The van der Waals surface area contributed by atoms with Crippen LogP contribution in [0.25, 0.3) is 0 Å². The van der Waals surface area contributed by atoms with Crippen molar-refractivity contribution in [1.82, 2.24) is 5.32 Å². The molecule has 4 heteroatoms. The van der Waals surface area contributed by atoms with Crippen LogP contribution in [-0.2, 0) is 9.59 Å². The fraction of sp³-hybridized carbons (Fsp3) is 0.636. The fourth-order valence-corrected chi connectivity index (χ4v) is 1.88. The van der Waals surface area contributed by atoms with E-state index in [1.807, 2.05) is 13.0 Å². The van der Waals surface area contributed by atoms with Gasteiger partial charge in [-0.1, -0.05) is 11.6 Å². The standard InChI is InChI=1S/C11H17NO3/c1-2-12-11(15)9(7-10(13)14)8-5-3-4-6-8/h5,9H,2-4,6-7H2,1H3,(H,12,15)(H,13,14). The van der Waals surface area contributed by atoms with E-state index in [0.29, 0.717) is 6.54 Å². The quantitative estimate of drug-likeness (QED) is 0.674. The van der Waals surface area contributed by atoms with Crippen molar-refractivity contribution in [3.05, 3.63) is 11.6 Å². The number of carboxylic acid groups (broad SMARTS) is 1. The fourth-order valence-electron chi connectivity index (χ4n) is 1.88. The van der Waals surface area contributed by atoms with Gasteiger partial charge in [0.25, 0.3) is 0 Å². The lowest BCUT2D eigenvalue weighted by atomic mass is 9.94. The lowest BCUT2D eigenvalue weighted by molar-refractivity contribution is -0.140. The number of aliphatic carboxylic acids is 1. The molecule has 0 aromatic carbocycles. The van der Waals surface area contributed by atoms with E-state index < -0.39 is 11.9 Å². The van der Waals surface area contributed by atoms with Gasteiger partial charge in [-0.25, -0.2) is 0 Å². The van der Waals surface area contributed by atoms with Crippen LogP contribution in [0.5, 0.6) is 0 Å². The Morgan fingerprint density at radius 2 is 2.33 bits per heavy atom. The van der Waals surface area contributed by atoms with E-state index in [1.165, 1.54) is 0 Å². The van der Waals surface area contributed by atoms with E-state index in [0.717, 1.165) is 24.8 Å². The lowest BCUT2D eigenvalue weighted by Crippen LogP contribution is -2.32. The summed E-state index contributed by atoms with van der Waals surface area (Å²) in [7, 11) is 0. The Hall–Kier alpha value is -1.32. The molecule has 0 spiro atoms. The van der Waals surface area contributed by atoms with E-state index >= 15 is 0 Å². The van der Waals surface area contributed by atoms with Gasteiger partial charge in [0, 0.05) is 6.54 Å². The number of carbonyl (C=O) groups excluding carboxylic acids is 1. The van der Waals surface area contributed by atoms with Crippen LogP contribution in [0.15, 0.2) is 11.6 Å². The molecule has 15 heavy (non-hydrogen) atoms. The third-order valence-corrected chi connectivity index (χ3v) is 2.57. The molecule has 0 heterocycles. The van der Waals surface area contributed by atoms with Crippen LogP contribution in [0.4, 0.5) is 0 Å². The highest BCUT2D eigenvalue weighted by atomic mass is 16.4. The highest BCUT2D eigenvalue weighted by Gasteiger charge is 2.26. The second-order valence-corrected chi connectivity index (χ2v) is 3.72. The zero-order chi connectivity index (χ0) is 11.3. The van der Waals surface area contributed by atoms with E-state index in [9.17, 15) is 9.59 Å². The second kappa shape index (κ2) is 5.53. The van der Waals surface area contributed by atoms with Crippen molar-refractivity contribution in [2.45, 2.75) is 32.6 Å². The molecule has 2 N–H and O–H groups in total. The van der Waals surface area contributed by atoms with E-state index in [-0.39, 0.29) is 12.3 Å². The van der Waals surface area contributed by atoms with Crippen LogP contribution in [0.3, 0.4) is 0 Å². The van der Waals surface area contributed by atoms with Gasteiger partial charge in [0.05, 0.1) is 12.3 Å². The third kappa shape index (κ3) is 3.38. The predicted molar refractivity (Wildman–Crippen MR) is 56.4 cm³/mol. The minimum absolute atomic E-state index is 0.0995. The maximum atomic E-state index is 11.7. The number of rotatable bonds is 5. The molecular formula is C11H17NO3. The number of carboxylic acids is 1. The normalized spacial score (nSPS) is 17.0. The summed E-state index contributed by atoms with van der Waals surface area (Å²) >= 11 is 0. The van der Waals surface area contributed by atoms with Gasteiger partial charge in [0.1, 0.15) is 0 Å². The molecule has 84 valence electrons. The molecule has 0 saturated carbocycles. The molecule has 1 unspecified atom stereocenters. The highest BCUT2D eigenvalue weighted by molar-refractivity contribution is 5.85. The lowest BCUT2D eigenvalue weighted by Gasteiger charge is -2.15. The van der Waals surface area contributed by atoms with Crippen molar-refractivity contribution >= 4 is 11.9 Å². The van der Waals surface area contributed by atoms with Crippen LogP contribution in [0.1, 0.15) is 32.6 Å². The number of amides is 1. The van der Waals surface area contributed by atoms with Crippen molar-refractivity contribution in [3.63, 3.8) is 0 Å². The van der Waals surface area contributed by atoms with E-state index in [2.05, 4.69) is 5.32 Å². The average molecular weight is 211 g/mol. The SMILES string of the molecule is CCNC(=O)C(CC(=O)O)C1=CCCC1. The molecule has 1 aliphatic rings. The van der Waals surface area contributed by atoms with Gasteiger partial charge in [-0.3, -0.25) is 9.59 Å². The zero-order valence-electron chi connectivity index (χ0n) is 8.95. The average Bonchev–Trinajstić information content (AvgIpc) is 2.66. The van der Waals surface area contributed by atoms with Crippen molar-refractivity contribution in [2.24, 2.45) is 5.92 Å². The molecular weight excluding hydrogens is 194 g/mol. The topological polar surface area (TPSA) is 66.4 Å². The Labute approximate surface area is 89.4 Å². The number of allylic oxidation sites excluding steroid dienone is 1.